The monoisotopic (exact) mass is 295 g/mol. The van der Waals surface area contributed by atoms with Crippen LogP contribution in [0.4, 0.5) is 5.82 Å². The van der Waals surface area contributed by atoms with Crippen molar-refractivity contribution in [3.05, 3.63) is 16.5 Å². The maximum atomic E-state index is 6.18. The van der Waals surface area contributed by atoms with Crippen LogP contribution in [0.25, 0.3) is 0 Å². The second-order valence-corrected chi connectivity index (χ2v) is 6.28. The molecule has 0 amide bonds. The lowest BCUT2D eigenvalue weighted by atomic mass is 10.3. The van der Waals surface area contributed by atoms with E-state index in [1.165, 1.54) is 25.7 Å². The van der Waals surface area contributed by atoms with Crippen LogP contribution in [0, 0.1) is 12.8 Å². The van der Waals surface area contributed by atoms with Crippen LogP contribution in [0.15, 0.2) is 0 Å². The van der Waals surface area contributed by atoms with Gasteiger partial charge < -0.3 is 10.1 Å². The molecule has 0 unspecified atom stereocenters. The predicted octanol–water partition coefficient (Wildman–Crippen LogP) is 3.54. The maximum Gasteiger partial charge on any atom is 0.137 e. The van der Waals surface area contributed by atoms with E-state index in [1.54, 1.807) is 0 Å². The van der Waals surface area contributed by atoms with Crippen LogP contribution in [0.1, 0.15) is 49.4 Å². The Hall–Kier alpha value is -0.870. The Balaban J connectivity index is 1.45. The van der Waals surface area contributed by atoms with Gasteiger partial charge in [0.15, 0.2) is 0 Å². The largest absolute Gasteiger partial charge is 0.381 e. The average Bonchev–Trinajstić information content (AvgIpc) is 3.29. The van der Waals surface area contributed by atoms with Crippen LogP contribution in [-0.2, 0) is 4.74 Å². The number of hydrogen-bond donors (Lipinski definition) is 1. The Morgan fingerprint density at radius 3 is 2.75 bits per heavy atom. The molecule has 2 fully saturated rings. The topological polar surface area (TPSA) is 47.0 Å². The maximum absolute atomic E-state index is 6.18. The summed E-state index contributed by atoms with van der Waals surface area (Å²) in [7, 11) is 0. The minimum absolute atomic E-state index is 0.524. The van der Waals surface area contributed by atoms with E-state index in [9.17, 15) is 0 Å². The minimum atomic E-state index is 0.524. The second kappa shape index (κ2) is 6.27. The molecule has 4 nitrogen and oxygen atoms in total. The molecule has 0 saturated heterocycles. The lowest BCUT2D eigenvalue weighted by Crippen LogP contribution is -2.10. The van der Waals surface area contributed by atoms with Gasteiger partial charge in [0.05, 0.1) is 0 Å². The van der Waals surface area contributed by atoms with E-state index in [4.69, 9.17) is 16.3 Å². The van der Waals surface area contributed by atoms with Gasteiger partial charge in [-0.25, -0.2) is 9.97 Å². The fourth-order valence-electron chi connectivity index (χ4n) is 2.12. The summed E-state index contributed by atoms with van der Waals surface area (Å²) in [5, 5.41) is 3.94. The van der Waals surface area contributed by atoms with E-state index in [2.05, 4.69) is 15.3 Å². The SMILES string of the molecule is Cc1c(Cl)nc(C2CC2)nc1NCCCOCC1CC1. The molecule has 2 aliphatic carbocycles. The van der Waals surface area contributed by atoms with Crippen molar-refractivity contribution in [3.8, 4) is 0 Å². The molecule has 1 N–H and O–H groups in total. The summed E-state index contributed by atoms with van der Waals surface area (Å²) in [6, 6.07) is 0. The number of aromatic nitrogens is 2. The number of nitrogens with one attached hydrogen (secondary N) is 1. The van der Waals surface area contributed by atoms with E-state index < -0.39 is 0 Å². The van der Waals surface area contributed by atoms with Crippen molar-refractivity contribution in [2.45, 2.75) is 44.9 Å². The molecule has 0 aliphatic heterocycles. The summed E-state index contributed by atoms with van der Waals surface area (Å²) in [5.74, 6) is 3.14. The molecule has 1 heterocycles. The third-order valence-corrected chi connectivity index (χ3v) is 4.22. The molecule has 20 heavy (non-hydrogen) atoms. The fraction of sp³-hybridized carbons (Fsp3) is 0.733. The molecule has 2 aliphatic rings. The summed E-state index contributed by atoms with van der Waals surface area (Å²) in [6.07, 6.45) is 6.07. The highest BCUT2D eigenvalue weighted by Gasteiger charge is 2.28. The predicted molar refractivity (Wildman–Crippen MR) is 80.4 cm³/mol. The molecule has 0 aromatic carbocycles. The van der Waals surface area contributed by atoms with Crippen molar-refractivity contribution in [2.24, 2.45) is 5.92 Å². The molecule has 1 aromatic rings. The summed E-state index contributed by atoms with van der Waals surface area (Å²) >= 11 is 6.18. The van der Waals surface area contributed by atoms with Crippen molar-refractivity contribution in [1.82, 2.24) is 9.97 Å². The summed E-state index contributed by atoms with van der Waals surface area (Å²) in [5.41, 5.74) is 0.940. The molecule has 5 heteroatoms. The summed E-state index contributed by atoms with van der Waals surface area (Å²) in [4.78, 5) is 8.97. The molecule has 1 aromatic heterocycles. The Kier molecular flexibility index (Phi) is 4.41. The Labute approximate surface area is 125 Å². The molecule has 0 radical (unpaired) electrons. The zero-order valence-corrected chi connectivity index (χ0v) is 12.7. The lowest BCUT2D eigenvalue weighted by Gasteiger charge is -2.11. The van der Waals surface area contributed by atoms with Gasteiger partial charge in [0.2, 0.25) is 0 Å². The van der Waals surface area contributed by atoms with E-state index >= 15 is 0 Å². The smallest absolute Gasteiger partial charge is 0.137 e. The first-order valence-electron chi connectivity index (χ1n) is 7.59. The van der Waals surface area contributed by atoms with Gasteiger partial charge >= 0.3 is 0 Å². The first-order chi connectivity index (χ1) is 9.74. The van der Waals surface area contributed by atoms with Crippen molar-refractivity contribution in [2.75, 3.05) is 25.1 Å². The third-order valence-electron chi connectivity index (χ3n) is 3.85. The van der Waals surface area contributed by atoms with Crippen LogP contribution < -0.4 is 5.32 Å². The third kappa shape index (κ3) is 3.83. The molecule has 110 valence electrons. The highest BCUT2D eigenvalue weighted by atomic mass is 35.5. The van der Waals surface area contributed by atoms with Gasteiger partial charge in [-0.15, -0.1) is 0 Å². The van der Waals surface area contributed by atoms with Gasteiger partial charge in [-0.05, 0) is 44.9 Å². The lowest BCUT2D eigenvalue weighted by molar-refractivity contribution is 0.124. The Bertz CT molecular complexity index is 472. The van der Waals surface area contributed by atoms with Crippen molar-refractivity contribution in [1.29, 1.82) is 0 Å². The molecule has 3 rings (SSSR count). The van der Waals surface area contributed by atoms with Crippen molar-refractivity contribution < 1.29 is 4.74 Å². The Morgan fingerprint density at radius 1 is 1.25 bits per heavy atom. The quantitative estimate of drug-likeness (QED) is 0.588. The molecule has 2 saturated carbocycles. The van der Waals surface area contributed by atoms with Gasteiger partial charge in [0.25, 0.3) is 0 Å². The molecule has 0 spiro atoms. The highest BCUT2D eigenvalue weighted by molar-refractivity contribution is 6.30. The van der Waals surface area contributed by atoms with Crippen LogP contribution >= 0.6 is 11.6 Å². The van der Waals surface area contributed by atoms with E-state index in [0.717, 1.165) is 49.3 Å². The zero-order chi connectivity index (χ0) is 13.9. The Morgan fingerprint density at radius 2 is 2.05 bits per heavy atom. The van der Waals surface area contributed by atoms with E-state index in [1.807, 2.05) is 6.92 Å². The molecular weight excluding hydrogens is 274 g/mol. The van der Waals surface area contributed by atoms with Gasteiger partial charge in [-0.3, -0.25) is 0 Å². The number of rotatable bonds is 8. The average molecular weight is 296 g/mol. The molecular formula is C15H22ClN3O. The first-order valence-corrected chi connectivity index (χ1v) is 7.97. The normalized spacial score (nSPS) is 18.3. The molecule has 0 atom stereocenters. The van der Waals surface area contributed by atoms with Gasteiger partial charge in [0.1, 0.15) is 16.8 Å². The van der Waals surface area contributed by atoms with Crippen LogP contribution in [0.2, 0.25) is 5.15 Å². The van der Waals surface area contributed by atoms with Gasteiger partial charge in [-0.2, -0.15) is 0 Å². The van der Waals surface area contributed by atoms with Crippen LogP contribution in [0.3, 0.4) is 0 Å². The van der Waals surface area contributed by atoms with E-state index in [-0.39, 0.29) is 0 Å². The highest BCUT2D eigenvalue weighted by Crippen LogP contribution is 2.39. The van der Waals surface area contributed by atoms with E-state index in [0.29, 0.717) is 11.1 Å². The van der Waals surface area contributed by atoms with Gasteiger partial charge in [-0.1, -0.05) is 11.6 Å². The summed E-state index contributed by atoms with van der Waals surface area (Å²) in [6.45, 7) is 4.58. The number of hydrogen-bond acceptors (Lipinski definition) is 4. The van der Waals surface area contributed by atoms with Crippen LogP contribution in [0.5, 0.6) is 0 Å². The van der Waals surface area contributed by atoms with Crippen LogP contribution in [-0.4, -0.2) is 29.7 Å². The second-order valence-electron chi connectivity index (χ2n) is 5.92. The van der Waals surface area contributed by atoms with Gasteiger partial charge in [0, 0.05) is 31.2 Å². The van der Waals surface area contributed by atoms with Crippen molar-refractivity contribution >= 4 is 17.4 Å². The number of nitrogens with zero attached hydrogens (tertiary/aromatic N) is 2. The fourth-order valence-corrected chi connectivity index (χ4v) is 2.29. The minimum Gasteiger partial charge on any atom is -0.381 e. The van der Waals surface area contributed by atoms with Crippen molar-refractivity contribution in [3.63, 3.8) is 0 Å². The summed E-state index contributed by atoms with van der Waals surface area (Å²) < 4.78 is 5.62. The first kappa shape index (κ1) is 14.1. The number of halogens is 1. The number of anilines is 1. The molecule has 0 bridgehead atoms. The standard InChI is InChI=1S/C15H22ClN3O/c1-10-13(16)18-15(12-5-6-12)19-14(10)17-7-2-8-20-9-11-3-4-11/h11-12H,2-9H2,1H3,(H,17,18,19). The zero-order valence-electron chi connectivity index (χ0n) is 12.0. The number of ether oxygens (including phenoxy) is 1.